The second-order valence-electron chi connectivity index (χ2n) is 5.02. The molecule has 3 aromatic rings. The normalized spacial score (nSPS) is 12.5. The second-order valence-corrected chi connectivity index (χ2v) is 6.39. The molecule has 0 saturated heterocycles. The molecule has 4 nitrogen and oxygen atoms in total. The van der Waals surface area contributed by atoms with E-state index in [1.165, 1.54) is 15.3 Å². The number of aromatic amines is 1. The van der Waals surface area contributed by atoms with Gasteiger partial charge < -0.3 is 0 Å². The van der Waals surface area contributed by atoms with Crippen LogP contribution in [0.3, 0.4) is 0 Å². The molecular formula is C16H18N4S. The van der Waals surface area contributed by atoms with E-state index in [-0.39, 0.29) is 6.04 Å². The Morgan fingerprint density at radius 1 is 1.14 bits per heavy atom. The fourth-order valence-electron chi connectivity index (χ4n) is 2.28. The number of aryl methyl sites for hydroxylation is 2. The van der Waals surface area contributed by atoms with Crippen molar-refractivity contribution in [3.63, 3.8) is 0 Å². The van der Waals surface area contributed by atoms with Gasteiger partial charge in [-0.15, -0.1) is 11.3 Å². The van der Waals surface area contributed by atoms with Gasteiger partial charge in [0.1, 0.15) is 5.82 Å². The summed E-state index contributed by atoms with van der Waals surface area (Å²) in [5.41, 5.74) is 1.17. The number of H-pyrrole nitrogens is 1. The predicted octanol–water partition coefficient (Wildman–Crippen LogP) is 3.36. The van der Waals surface area contributed by atoms with E-state index in [2.05, 4.69) is 51.7 Å². The average Bonchev–Trinajstić information content (AvgIpc) is 3.09. The van der Waals surface area contributed by atoms with Gasteiger partial charge in [0.15, 0.2) is 5.82 Å². The van der Waals surface area contributed by atoms with Crippen molar-refractivity contribution < 1.29 is 0 Å². The first-order chi connectivity index (χ1) is 10.2. The number of nitrogens with zero attached hydrogens (tertiary/aromatic N) is 2. The Balaban J connectivity index is 1.82. The highest BCUT2D eigenvalue weighted by Crippen LogP contribution is 2.21. The van der Waals surface area contributed by atoms with Crippen molar-refractivity contribution in [2.45, 2.75) is 26.4 Å². The molecule has 1 aromatic carbocycles. The standard InChI is InChI=1S/C16H18N4S/c1-11-8-9-14(21-11)10-17-15(13-6-4-3-5-7-13)16-18-12(2)19-20-16/h3-9,15,17H,10H2,1-2H3,(H,18,19,20)/t15-/m1/s1. The number of aromatic nitrogens is 3. The van der Waals surface area contributed by atoms with Crippen LogP contribution in [0.2, 0.25) is 0 Å². The number of thiophene rings is 1. The van der Waals surface area contributed by atoms with E-state index in [0.29, 0.717) is 0 Å². The highest BCUT2D eigenvalue weighted by Gasteiger charge is 2.18. The molecule has 0 radical (unpaired) electrons. The third kappa shape index (κ3) is 3.37. The molecule has 2 aromatic heterocycles. The molecule has 0 bridgehead atoms. The molecular weight excluding hydrogens is 280 g/mol. The van der Waals surface area contributed by atoms with Crippen LogP contribution in [0.1, 0.15) is 33.0 Å². The van der Waals surface area contributed by atoms with Gasteiger partial charge in [0.25, 0.3) is 0 Å². The monoisotopic (exact) mass is 298 g/mol. The summed E-state index contributed by atoms with van der Waals surface area (Å²) in [6.45, 7) is 4.86. The highest BCUT2D eigenvalue weighted by atomic mass is 32.1. The smallest absolute Gasteiger partial charge is 0.172 e. The molecule has 108 valence electrons. The van der Waals surface area contributed by atoms with Crippen molar-refractivity contribution in [3.8, 4) is 0 Å². The number of nitrogens with one attached hydrogen (secondary N) is 2. The maximum Gasteiger partial charge on any atom is 0.172 e. The van der Waals surface area contributed by atoms with E-state index >= 15 is 0 Å². The first-order valence-electron chi connectivity index (χ1n) is 6.95. The van der Waals surface area contributed by atoms with Crippen LogP contribution >= 0.6 is 11.3 Å². The summed E-state index contributed by atoms with van der Waals surface area (Å²) in [6.07, 6.45) is 0. The van der Waals surface area contributed by atoms with Gasteiger partial charge >= 0.3 is 0 Å². The van der Waals surface area contributed by atoms with Crippen molar-refractivity contribution in [3.05, 3.63) is 69.4 Å². The lowest BCUT2D eigenvalue weighted by Crippen LogP contribution is -2.22. The zero-order valence-corrected chi connectivity index (χ0v) is 12.9. The molecule has 5 heteroatoms. The van der Waals surface area contributed by atoms with Crippen molar-refractivity contribution in [1.29, 1.82) is 0 Å². The van der Waals surface area contributed by atoms with Crippen molar-refractivity contribution in [2.24, 2.45) is 0 Å². The second kappa shape index (κ2) is 6.20. The summed E-state index contributed by atoms with van der Waals surface area (Å²) in [5.74, 6) is 1.62. The maximum absolute atomic E-state index is 4.48. The molecule has 0 spiro atoms. The minimum absolute atomic E-state index is 0.00134. The molecule has 0 fully saturated rings. The van der Waals surface area contributed by atoms with Crippen LogP contribution in [-0.4, -0.2) is 15.2 Å². The summed E-state index contributed by atoms with van der Waals surface area (Å²) >= 11 is 1.81. The molecule has 0 amide bonds. The van der Waals surface area contributed by atoms with Crippen LogP contribution in [0, 0.1) is 13.8 Å². The summed E-state index contributed by atoms with van der Waals surface area (Å²) in [7, 11) is 0. The molecule has 0 unspecified atom stereocenters. The predicted molar refractivity (Wildman–Crippen MR) is 85.3 cm³/mol. The topological polar surface area (TPSA) is 53.6 Å². The van der Waals surface area contributed by atoms with Crippen molar-refractivity contribution >= 4 is 11.3 Å². The Labute approximate surface area is 128 Å². The van der Waals surface area contributed by atoms with E-state index in [9.17, 15) is 0 Å². The molecule has 0 aliphatic heterocycles. The molecule has 0 aliphatic carbocycles. The lowest BCUT2D eigenvalue weighted by Gasteiger charge is -2.15. The van der Waals surface area contributed by atoms with E-state index in [0.717, 1.165) is 18.2 Å². The van der Waals surface area contributed by atoms with Gasteiger partial charge in [-0.1, -0.05) is 30.3 Å². The fraction of sp³-hybridized carbons (Fsp3) is 0.250. The summed E-state index contributed by atoms with van der Waals surface area (Å²) in [4.78, 5) is 7.13. The Morgan fingerprint density at radius 2 is 1.95 bits per heavy atom. The first-order valence-corrected chi connectivity index (χ1v) is 7.76. The Hall–Kier alpha value is -1.98. The van der Waals surface area contributed by atoms with E-state index < -0.39 is 0 Å². The molecule has 0 aliphatic rings. The number of hydrogen-bond acceptors (Lipinski definition) is 4. The van der Waals surface area contributed by atoms with Gasteiger partial charge in [-0.05, 0) is 31.5 Å². The largest absolute Gasteiger partial charge is 0.299 e. The fourth-order valence-corrected chi connectivity index (χ4v) is 3.12. The molecule has 3 rings (SSSR count). The van der Waals surface area contributed by atoms with E-state index in [1.807, 2.05) is 36.5 Å². The number of rotatable bonds is 5. The first kappa shape index (κ1) is 14.0. The molecule has 2 N–H and O–H groups in total. The molecule has 1 atom stereocenters. The zero-order chi connectivity index (χ0) is 14.7. The summed E-state index contributed by atoms with van der Waals surface area (Å²) in [6, 6.07) is 14.6. The van der Waals surface area contributed by atoms with Gasteiger partial charge in [0.05, 0.1) is 6.04 Å². The lowest BCUT2D eigenvalue weighted by atomic mass is 10.1. The lowest BCUT2D eigenvalue weighted by molar-refractivity contribution is 0.581. The average molecular weight is 298 g/mol. The van der Waals surface area contributed by atoms with Gasteiger partial charge in [-0.3, -0.25) is 10.4 Å². The Bertz CT molecular complexity index is 702. The molecule has 2 heterocycles. The zero-order valence-electron chi connectivity index (χ0n) is 12.1. The summed E-state index contributed by atoms with van der Waals surface area (Å²) < 4.78 is 0. The van der Waals surface area contributed by atoms with E-state index in [1.54, 1.807) is 0 Å². The third-order valence-electron chi connectivity index (χ3n) is 3.28. The minimum Gasteiger partial charge on any atom is -0.299 e. The van der Waals surface area contributed by atoms with Crippen molar-refractivity contribution in [2.75, 3.05) is 0 Å². The summed E-state index contributed by atoms with van der Waals surface area (Å²) in [5, 5.41) is 10.8. The molecule has 0 saturated carbocycles. The Morgan fingerprint density at radius 3 is 2.57 bits per heavy atom. The highest BCUT2D eigenvalue weighted by molar-refractivity contribution is 7.11. The number of hydrogen-bond donors (Lipinski definition) is 2. The SMILES string of the molecule is Cc1nc([C@H](NCc2ccc(C)s2)c2ccccc2)n[nH]1. The van der Waals surface area contributed by atoms with E-state index in [4.69, 9.17) is 0 Å². The van der Waals surface area contributed by atoms with Crippen LogP contribution in [-0.2, 0) is 6.54 Å². The van der Waals surface area contributed by atoms with Crippen LogP contribution in [0.25, 0.3) is 0 Å². The number of benzene rings is 1. The third-order valence-corrected chi connectivity index (χ3v) is 4.28. The van der Waals surface area contributed by atoms with Gasteiger partial charge in [0, 0.05) is 16.3 Å². The van der Waals surface area contributed by atoms with Crippen LogP contribution in [0.4, 0.5) is 0 Å². The maximum atomic E-state index is 4.48. The van der Waals surface area contributed by atoms with Crippen LogP contribution in [0.15, 0.2) is 42.5 Å². The molecule has 21 heavy (non-hydrogen) atoms. The van der Waals surface area contributed by atoms with Crippen molar-refractivity contribution in [1.82, 2.24) is 20.5 Å². The van der Waals surface area contributed by atoms with Crippen LogP contribution in [0.5, 0.6) is 0 Å². The van der Waals surface area contributed by atoms with Crippen LogP contribution < -0.4 is 5.32 Å². The van der Waals surface area contributed by atoms with Gasteiger partial charge in [-0.25, -0.2) is 4.98 Å². The Kier molecular flexibility index (Phi) is 4.13. The van der Waals surface area contributed by atoms with Gasteiger partial charge in [-0.2, -0.15) is 5.10 Å². The quantitative estimate of drug-likeness (QED) is 0.759. The van der Waals surface area contributed by atoms with Gasteiger partial charge in [0.2, 0.25) is 0 Å². The minimum atomic E-state index is -0.00134.